The van der Waals surface area contributed by atoms with E-state index in [4.69, 9.17) is 9.37 Å². The number of rotatable bonds is 5. The van der Waals surface area contributed by atoms with E-state index in [9.17, 15) is 4.79 Å². The van der Waals surface area contributed by atoms with Crippen molar-refractivity contribution >= 4 is 23.1 Å². The van der Waals surface area contributed by atoms with E-state index in [0.717, 1.165) is 10.6 Å². The highest BCUT2D eigenvalue weighted by Gasteiger charge is 2.16. The van der Waals surface area contributed by atoms with Crippen LogP contribution in [0.5, 0.6) is 5.75 Å². The second-order valence-corrected chi connectivity index (χ2v) is 6.03. The zero-order valence-electron chi connectivity index (χ0n) is 12.6. The molecule has 118 valence electrons. The Hall–Kier alpha value is -2.67. The first-order valence-electron chi connectivity index (χ1n) is 7.08. The van der Waals surface area contributed by atoms with Crippen molar-refractivity contribution in [3.63, 3.8) is 0 Å². The molecule has 2 aromatic heterocycles. The SMILES string of the molecule is CC(C)Oc1ccc(C(=O)Nc2nonc2-c2cccs2)cc1. The van der Waals surface area contributed by atoms with Gasteiger partial charge in [-0.25, -0.2) is 4.63 Å². The van der Waals surface area contributed by atoms with Gasteiger partial charge in [-0.05, 0) is 59.9 Å². The van der Waals surface area contributed by atoms with Crippen molar-refractivity contribution in [2.45, 2.75) is 20.0 Å². The van der Waals surface area contributed by atoms with E-state index in [1.54, 1.807) is 24.3 Å². The third-order valence-electron chi connectivity index (χ3n) is 2.96. The summed E-state index contributed by atoms with van der Waals surface area (Å²) >= 11 is 1.49. The van der Waals surface area contributed by atoms with E-state index in [1.807, 2.05) is 31.4 Å². The number of amides is 1. The quantitative estimate of drug-likeness (QED) is 0.769. The Labute approximate surface area is 137 Å². The summed E-state index contributed by atoms with van der Waals surface area (Å²) in [5, 5.41) is 12.2. The summed E-state index contributed by atoms with van der Waals surface area (Å²) in [4.78, 5) is 13.2. The van der Waals surface area contributed by atoms with E-state index in [-0.39, 0.29) is 12.0 Å². The Balaban J connectivity index is 1.74. The van der Waals surface area contributed by atoms with Crippen molar-refractivity contribution in [3.8, 4) is 16.3 Å². The van der Waals surface area contributed by atoms with Crippen LogP contribution in [0.2, 0.25) is 0 Å². The molecule has 0 aliphatic carbocycles. The highest BCUT2D eigenvalue weighted by atomic mass is 32.1. The Morgan fingerprint density at radius 2 is 2.00 bits per heavy atom. The summed E-state index contributed by atoms with van der Waals surface area (Å²) in [5.41, 5.74) is 1.02. The van der Waals surface area contributed by atoms with Crippen LogP contribution in [0.3, 0.4) is 0 Å². The molecule has 2 heterocycles. The second-order valence-electron chi connectivity index (χ2n) is 5.08. The van der Waals surface area contributed by atoms with Gasteiger partial charge in [0.15, 0.2) is 5.69 Å². The summed E-state index contributed by atoms with van der Waals surface area (Å²) in [6, 6.07) is 10.7. The minimum absolute atomic E-state index is 0.0873. The number of nitrogens with one attached hydrogen (secondary N) is 1. The van der Waals surface area contributed by atoms with Gasteiger partial charge in [-0.1, -0.05) is 6.07 Å². The number of hydrogen-bond acceptors (Lipinski definition) is 6. The number of thiophene rings is 1. The number of carbonyl (C=O) groups excluding carboxylic acids is 1. The smallest absolute Gasteiger partial charge is 0.256 e. The van der Waals surface area contributed by atoms with Crippen LogP contribution in [-0.2, 0) is 0 Å². The molecule has 0 unspecified atom stereocenters. The van der Waals surface area contributed by atoms with Crippen LogP contribution in [0.15, 0.2) is 46.4 Å². The number of benzene rings is 1. The molecule has 3 rings (SSSR count). The van der Waals surface area contributed by atoms with Gasteiger partial charge >= 0.3 is 0 Å². The molecule has 0 fully saturated rings. The monoisotopic (exact) mass is 329 g/mol. The molecule has 0 atom stereocenters. The fourth-order valence-corrected chi connectivity index (χ4v) is 2.69. The topological polar surface area (TPSA) is 77.2 Å². The Kier molecular flexibility index (Phi) is 4.38. The fourth-order valence-electron chi connectivity index (χ4n) is 1.98. The Bertz CT molecular complexity index is 779. The summed E-state index contributed by atoms with van der Waals surface area (Å²) < 4.78 is 10.3. The van der Waals surface area contributed by atoms with Gasteiger partial charge < -0.3 is 10.1 Å². The maximum Gasteiger partial charge on any atom is 0.256 e. The molecule has 6 nitrogen and oxygen atoms in total. The Morgan fingerprint density at radius 1 is 1.22 bits per heavy atom. The van der Waals surface area contributed by atoms with Crippen LogP contribution in [0.1, 0.15) is 24.2 Å². The third-order valence-corrected chi connectivity index (χ3v) is 3.84. The summed E-state index contributed by atoms with van der Waals surface area (Å²) in [6.45, 7) is 3.90. The molecule has 1 N–H and O–H groups in total. The lowest BCUT2D eigenvalue weighted by Gasteiger charge is -2.09. The third kappa shape index (κ3) is 3.57. The minimum atomic E-state index is -0.283. The van der Waals surface area contributed by atoms with Gasteiger partial charge in [0.25, 0.3) is 5.91 Å². The molecular weight excluding hydrogens is 314 g/mol. The average molecular weight is 329 g/mol. The van der Waals surface area contributed by atoms with Gasteiger partial charge in [0.05, 0.1) is 11.0 Å². The molecule has 0 aliphatic rings. The van der Waals surface area contributed by atoms with E-state index < -0.39 is 0 Å². The van der Waals surface area contributed by atoms with E-state index in [1.165, 1.54) is 11.3 Å². The molecule has 1 amide bonds. The van der Waals surface area contributed by atoms with Crippen LogP contribution in [0.4, 0.5) is 5.82 Å². The maximum atomic E-state index is 12.3. The van der Waals surface area contributed by atoms with E-state index >= 15 is 0 Å². The molecule has 23 heavy (non-hydrogen) atoms. The molecule has 1 aromatic carbocycles. The summed E-state index contributed by atoms with van der Waals surface area (Å²) in [6.07, 6.45) is 0.0873. The zero-order valence-corrected chi connectivity index (χ0v) is 13.5. The Morgan fingerprint density at radius 3 is 2.65 bits per heavy atom. The van der Waals surface area contributed by atoms with E-state index in [0.29, 0.717) is 17.1 Å². The second kappa shape index (κ2) is 6.62. The number of ether oxygens (including phenoxy) is 1. The largest absolute Gasteiger partial charge is 0.491 e. The lowest BCUT2D eigenvalue weighted by Crippen LogP contribution is -2.13. The van der Waals surface area contributed by atoms with Crippen LogP contribution < -0.4 is 10.1 Å². The normalized spacial score (nSPS) is 10.7. The molecule has 0 bridgehead atoms. The number of hydrogen-bond donors (Lipinski definition) is 1. The first-order chi connectivity index (χ1) is 11.1. The lowest BCUT2D eigenvalue weighted by molar-refractivity contribution is 0.102. The van der Waals surface area contributed by atoms with Gasteiger partial charge in [0.2, 0.25) is 5.82 Å². The van der Waals surface area contributed by atoms with Crippen molar-refractivity contribution in [1.82, 2.24) is 10.3 Å². The van der Waals surface area contributed by atoms with Crippen molar-refractivity contribution in [3.05, 3.63) is 47.3 Å². The first kappa shape index (κ1) is 15.2. The predicted octanol–water partition coefficient (Wildman–Crippen LogP) is 3.84. The summed E-state index contributed by atoms with van der Waals surface area (Å²) in [5.74, 6) is 0.744. The van der Waals surface area contributed by atoms with Crippen LogP contribution in [0, 0.1) is 0 Å². The summed E-state index contributed by atoms with van der Waals surface area (Å²) in [7, 11) is 0. The van der Waals surface area contributed by atoms with Gasteiger partial charge in [-0.3, -0.25) is 4.79 Å². The molecular formula is C16H15N3O3S. The number of anilines is 1. The van der Waals surface area contributed by atoms with Gasteiger partial charge in [0, 0.05) is 5.56 Å². The standard InChI is InChI=1S/C16H15N3O3S/c1-10(2)21-12-7-5-11(6-8-12)16(20)17-15-14(18-22-19-15)13-4-3-9-23-13/h3-10H,1-2H3,(H,17,19,20). The highest BCUT2D eigenvalue weighted by molar-refractivity contribution is 7.13. The molecule has 0 saturated heterocycles. The van der Waals surface area contributed by atoms with Gasteiger partial charge in [-0.2, -0.15) is 0 Å². The van der Waals surface area contributed by atoms with Crippen molar-refractivity contribution < 1.29 is 14.2 Å². The predicted molar refractivity (Wildman–Crippen MR) is 87.8 cm³/mol. The van der Waals surface area contributed by atoms with Crippen LogP contribution >= 0.6 is 11.3 Å². The van der Waals surface area contributed by atoms with Crippen LogP contribution in [-0.4, -0.2) is 22.3 Å². The zero-order chi connectivity index (χ0) is 16.2. The van der Waals surface area contributed by atoms with E-state index in [2.05, 4.69) is 15.6 Å². The van der Waals surface area contributed by atoms with Crippen molar-refractivity contribution in [2.75, 3.05) is 5.32 Å². The number of nitrogens with zero attached hydrogens (tertiary/aromatic N) is 2. The fraction of sp³-hybridized carbons (Fsp3) is 0.188. The molecule has 7 heteroatoms. The molecule has 0 saturated carbocycles. The molecule has 0 aliphatic heterocycles. The van der Waals surface area contributed by atoms with Crippen molar-refractivity contribution in [2.24, 2.45) is 0 Å². The van der Waals surface area contributed by atoms with Crippen molar-refractivity contribution in [1.29, 1.82) is 0 Å². The average Bonchev–Trinajstić information content (AvgIpc) is 3.18. The lowest BCUT2D eigenvalue weighted by atomic mass is 10.2. The molecule has 0 radical (unpaired) electrons. The highest BCUT2D eigenvalue weighted by Crippen LogP contribution is 2.28. The van der Waals surface area contributed by atoms with Crippen LogP contribution in [0.25, 0.3) is 10.6 Å². The minimum Gasteiger partial charge on any atom is -0.491 e. The molecule has 0 spiro atoms. The van der Waals surface area contributed by atoms with Gasteiger partial charge in [-0.15, -0.1) is 11.3 Å². The maximum absolute atomic E-state index is 12.3. The first-order valence-corrected chi connectivity index (χ1v) is 7.96. The molecule has 3 aromatic rings. The number of carbonyl (C=O) groups is 1. The number of aromatic nitrogens is 2. The van der Waals surface area contributed by atoms with Gasteiger partial charge in [0.1, 0.15) is 5.75 Å².